The second-order valence-electron chi connectivity index (χ2n) is 9.54. The van der Waals surface area contributed by atoms with Crippen molar-refractivity contribution < 1.29 is 9.13 Å². The third-order valence-corrected chi connectivity index (χ3v) is 6.99. The molecule has 1 fully saturated rings. The van der Waals surface area contributed by atoms with Crippen LogP contribution in [-0.4, -0.2) is 16.8 Å². The Labute approximate surface area is 194 Å². The van der Waals surface area contributed by atoms with Gasteiger partial charge in [-0.25, -0.2) is 4.39 Å². The molecule has 176 valence electrons. The van der Waals surface area contributed by atoms with E-state index in [1.165, 1.54) is 51.4 Å². The van der Waals surface area contributed by atoms with Crippen LogP contribution in [0.1, 0.15) is 96.5 Å². The van der Waals surface area contributed by atoms with Gasteiger partial charge in [0.15, 0.2) is 0 Å². The van der Waals surface area contributed by atoms with Crippen molar-refractivity contribution >= 4 is 0 Å². The molecule has 3 rings (SSSR count). The Bertz CT molecular complexity index is 785. The van der Waals surface area contributed by atoms with Gasteiger partial charge in [0.2, 0.25) is 5.88 Å². The molecule has 3 nitrogen and oxygen atoms in total. The zero-order chi connectivity index (χ0) is 22.6. The Morgan fingerprint density at radius 1 is 0.844 bits per heavy atom. The van der Waals surface area contributed by atoms with E-state index < -0.39 is 0 Å². The van der Waals surface area contributed by atoms with E-state index in [1.54, 1.807) is 6.07 Å². The maximum atomic E-state index is 14.8. The molecule has 0 aliphatic heterocycles. The lowest BCUT2D eigenvalue weighted by Gasteiger charge is -2.28. The molecule has 0 N–H and O–H groups in total. The molecule has 0 spiro atoms. The highest BCUT2D eigenvalue weighted by Gasteiger charge is 2.21. The molecule has 0 saturated heterocycles. The molecule has 1 aromatic heterocycles. The molecular weight excluding hydrogens is 399 g/mol. The molecule has 1 saturated carbocycles. The van der Waals surface area contributed by atoms with Crippen molar-refractivity contribution in [3.63, 3.8) is 0 Å². The molecule has 2 aromatic rings. The van der Waals surface area contributed by atoms with E-state index in [1.807, 2.05) is 24.3 Å². The highest BCUT2D eigenvalue weighted by Crippen LogP contribution is 2.34. The van der Waals surface area contributed by atoms with Gasteiger partial charge in [-0.05, 0) is 48.8 Å². The lowest BCUT2D eigenvalue weighted by atomic mass is 9.77. The number of unbranched alkanes of at least 4 members (excludes halogenated alkanes) is 4. The Hall–Kier alpha value is -1.97. The molecule has 1 aliphatic carbocycles. The van der Waals surface area contributed by atoms with Gasteiger partial charge in [-0.2, -0.15) is 0 Å². The van der Waals surface area contributed by atoms with Crippen LogP contribution in [0.3, 0.4) is 0 Å². The lowest BCUT2D eigenvalue weighted by Crippen LogP contribution is -2.15. The zero-order valence-corrected chi connectivity index (χ0v) is 20.1. The molecule has 0 atom stereocenters. The molecule has 4 heteroatoms. The minimum Gasteiger partial charge on any atom is -0.477 e. The molecule has 0 bridgehead atoms. The third-order valence-electron chi connectivity index (χ3n) is 6.99. The minimum atomic E-state index is -0.127. The van der Waals surface area contributed by atoms with Crippen LogP contribution in [0.4, 0.5) is 4.39 Å². The normalized spacial score (nSPS) is 18.6. The number of benzene rings is 1. The van der Waals surface area contributed by atoms with Gasteiger partial charge in [-0.3, -0.25) is 0 Å². The van der Waals surface area contributed by atoms with E-state index in [2.05, 4.69) is 24.0 Å². The van der Waals surface area contributed by atoms with Gasteiger partial charge in [-0.15, -0.1) is 10.2 Å². The van der Waals surface area contributed by atoms with Crippen LogP contribution in [0.25, 0.3) is 11.3 Å². The molecule has 1 aliphatic rings. The summed E-state index contributed by atoms with van der Waals surface area (Å²) >= 11 is 0. The fourth-order valence-electron chi connectivity index (χ4n) is 4.84. The Kier molecular flexibility index (Phi) is 10.4. The predicted octanol–water partition coefficient (Wildman–Crippen LogP) is 8.17. The summed E-state index contributed by atoms with van der Waals surface area (Å²) in [6.07, 6.45) is 16.1. The average molecular weight is 441 g/mol. The number of nitrogens with zero attached hydrogens (tertiary/aromatic N) is 2. The van der Waals surface area contributed by atoms with Crippen molar-refractivity contribution in [2.24, 2.45) is 11.8 Å². The Morgan fingerprint density at radius 3 is 2.22 bits per heavy atom. The summed E-state index contributed by atoms with van der Waals surface area (Å²) in [5.74, 6) is 2.09. The summed E-state index contributed by atoms with van der Waals surface area (Å²) in [5, 5.41) is 8.37. The van der Waals surface area contributed by atoms with Gasteiger partial charge in [0.1, 0.15) is 5.82 Å². The van der Waals surface area contributed by atoms with Gasteiger partial charge < -0.3 is 4.74 Å². The van der Waals surface area contributed by atoms with Crippen molar-refractivity contribution in [2.45, 2.75) is 97.3 Å². The van der Waals surface area contributed by atoms with E-state index in [-0.39, 0.29) is 5.82 Å². The van der Waals surface area contributed by atoms with Crippen molar-refractivity contribution in [2.75, 3.05) is 6.61 Å². The van der Waals surface area contributed by atoms with Gasteiger partial charge in [0.25, 0.3) is 0 Å². The number of aryl methyl sites for hydroxylation is 1. The van der Waals surface area contributed by atoms with Crippen molar-refractivity contribution in [3.05, 3.63) is 41.7 Å². The SMILES string of the molecule is CCCCCOc1ccc(-c2ccc(CC[C@H]3CC[C@H](CCCCC)CC3)c(F)c2)nn1. The number of aromatic nitrogens is 2. The average Bonchev–Trinajstić information content (AvgIpc) is 2.82. The summed E-state index contributed by atoms with van der Waals surface area (Å²) < 4.78 is 20.4. The number of hydrogen-bond donors (Lipinski definition) is 0. The van der Waals surface area contributed by atoms with Crippen LogP contribution in [0.15, 0.2) is 30.3 Å². The summed E-state index contributed by atoms with van der Waals surface area (Å²) in [7, 11) is 0. The first kappa shape index (κ1) is 24.7. The highest BCUT2D eigenvalue weighted by molar-refractivity contribution is 5.59. The van der Waals surface area contributed by atoms with Crippen molar-refractivity contribution in [3.8, 4) is 17.1 Å². The standard InChI is InChI=1S/C28H41FN2O/c1-3-5-7-9-22-10-12-23(13-11-22)14-15-24-16-17-25(21-26(24)29)27-18-19-28(31-30-27)32-20-8-6-4-2/h16-19,21-23H,3-15,20H2,1-2H3/t22-,23-. The number of ether oxygens (including phenoxy) is 1. The summed E-state index contributed by atoms with van der Waals surface area (Å²) in [6, 6.07) is 9.17. The van der Waals surface area contributed by atoms with Crippen LogP contribution < -0.4 is 4.74 Å². The largest absolute Gasteiger partial charge is 0.477 e. The molecule has 32 heavy (non-hydrogen) atoms. The second kappa shape index (κ2) is 13.5. The van der Waals surface area contributed by atoms with E-state index in [4.69, 9.17) is 4.74 Å². The van der Waals surface area contributed by atoms with Crippen molar-refractivity contribution in [1.82, 2.24) is 10.2 Å². The fourth-order valence-corrected chi connectivity index (χ4v) is 4.84. The quantitative estimate of drug-likeness (QED) is 0.295. The fraction of sp³-hybridized carbons (Fsp3) is 0.643. The highest BCUT2D eigenvalue weighted by atomic mass is 19.1. The molecular formula is C28H41FN2O. The van der Waals surface area contributed by atoms with Crippen LogP contribution in [0.5, 0.6) is 5.88 Å². The maximum Gasteiger partial charge on any atom is 0.233 e. The number of hydrogen-bond acceptors (Lipinski definition) is 3. The van der Waals surface area contributed by atoms with Gasteiger partial charge in [0.05, 0.1) is 12.3 Å². The van der Waals surface area contributed by atoms with Gasteiger partial charge >= 0.3 is 0 Å². The number of halogens is 1. The first-order valence-electron chi connectivity index (χ1n) is 12.9. The lowest BCUT2D eigenvalue weighted by molar-refractivity contribution is 0.248. The van der Waals surface area contributed by atoms with E-state index in [0.717, 1.165) is 55.1 Å². The molecule has 1 aromatic carbocycles. The van der Waals surface area contributed by atoms with Crippen LogP contribution >= 0.6 is 0 Å². The molecule has 0 unspecified atom stereocenters. The van der Waals surface area contributed by atoms with Gasteiger partial charge in [0, 0.05) is 11.6 Å². The first-order chi connectivity index (χ1) is 15.7. The molecule has 1 heterocycles. The predicted molar refractivity (Wildman–Crippen MR) is 130 cm³/mol. The topological polar surface area (TPSA) is 35.0 Å². The summed E-state index contributed by atoms with van der Waals surface area (Å²) in [5.41, 5.74) is 2.27. The monoisotopic (exact) mass is 440 g/mol. The smallest absolute Gasteiger partial charge is 0.233 e. The van der Waals surface area contributed by atoms with E-state index in [0.29, 0.717) is 18.2 Å². The first-order valence-corrected chi connectivity index (χ1v) is 12.9. The second-order valence-corrected chi connectivity index (χ2v) is 9.54. The van der Waals surface area contributed by atoms with Crippen LogP contribution in [-0.2, 0) is 6.42 Å². The van der Waals surface area contributed by atoms with Crippen molar-refractivity contribution in [1.29, 1.82) is 0 Å². The molecule has 0 amide bonds. The van der Waals surface area contributed by atoms with E-state index in [9.17, 15) is 4.39 Å². The minimum absolute atomic E-state index is 0.127. The van der Waals surface area contributed by atoms with E-state index >= 15 is 0 Å². The summed E-state index contributed by atoms with van der Waals surface area (Å²) in [4.78, 5) is 0. The van der Waals surface area contributed by atoms with Gasteiger partial charge in [-0.1, -0.05) is 90.2 Å². The zero-order valence-electron chi connectivity index (χ0n) is 20.1. The number of rotatable bonds is 13. The molecule has 0 radical (unpaired) electrons. The summed E-state index contributed by atoms with van der Waals surface area (Å²) in [6.45, 7) is 5.10. The third kappa shape index (κ3) is 7.86. The van der Waals surface area contributed by atoms with Crippen LogP contribution in [0, 0.1) is 17.7 Å². The van der Waals surface area contributed by atoms with Crippen LogP contribution in [0.2, 0.25) is 0 Å². The Balaban J connectivity index is 1.45. The maximum absolute atomic E-state index is 14.8. The Morgan fingerprint density at radius 2 is 1.56 bits per heavy atom.